The van der Waals surface area contributed by atoms with Gasteiger partial charge in [-0.15, -0.1) is 0 Å². The van der Waals surface area contributed by atoms with Gasteiger partial charge in [0.25, 0.3) is 5.91 Å². The summed E-state index contributed by atoms with van der Waals surface area (Å²) in [5.41, 5.74) is 5.66. The van der Waals surface area contributed by atoms with Gasteiger partial charge in [-0.3, -0.25) is 4.79 Å². The van der Waals surface area contributed by atoms with Crippen LogP contribution in [-0.4, -0.2) is 24.2 Å². The van der Waals surface area contributed by atoms with E-state index >= 15 is 0 Å². The number of carbonyl (C=O) groups excluding carboxylic acids is 1. The Hall–Kier alpha value is -1.55. The van der Waals surface area contributed by atoms with Crippen LogP contribution >= 0.6 is 0 Å². The average Bonchev–Trinajstić information content (AvgIpc) is 2.34. The molecule has 1 amide bonds. The highest BCUT2D eigenvalue weighted by Gasteiger charge is 2.07. The first-order valence-electron chi connectivity index (χ1n) is 5.88. The molecule has 0 aliphatic carbocycles. The minimum Gasteiger partial charge on any atom is -0.493 e. The van der Waals surface area contributed by atoms with Crippen molar-refractivity contribution in [2.45, 2.75) is 25.7 Å². The molecule has 94 valence electrons. The highest BCUT2D eigenvalue weighted by atomic mass is 16.5. The van der Waals surface area contributed by atoms with Crippen molar-refractivity contribution in [3.8, 4) is 5.75 Å². The number of primary amides is 1. The zero-order valence-corrected chi connectivity index (χ0v) is 9.89. The van der Waals surface area contributed by atoms with Crippen LogP contribution in [0, 0.1) is 0 Å². The van der Waals surface area contributed by atoms with Gasteiger partial charge in [0.2, 0.25) is 0 Å². The molecule has 3 N–H and O–H groups in total. The SMILES string of the molecule is NC(=O)c1ccccc1OCCCCCCO. The summed E-state index contributed by atoms with van der Waals surface area (Å²) in [6.07, 6.45) is 3.75. The molecule has 4 heteroatoms. The van der Waals surface area contributed by atoms with Gasteiger partial charge in [0, 0.05) is 6.61 Å². The van der Waals surface area contributed by atoms with Gasteiger partial charge in [0.15, 0.2) is 0 Å². The number of nitrogens with two attached hydrogens (primary N) is 1. The van der Waals surface area contributed by atoms with E-state index in [0.29, 0.717) is 17.9 Å². The number of unbranched alkanes of at least 4 members (excludes halogenated alkanes) is 3. The first-order valence-corrected chi connectivity index (χ1v) is 5.88. The Morgan fingerprint density at radius 1 is 1.18 bits per heavy atom. The van der Waals surface area contributed by atoms with E-state index in [1.165, 1.54) is 0 Å². The van der Waals surface area contributed by atoms with Crippen LogP contribution in [0.2, 0.25) is 0 Å². The lowest BCUT2D eigenvalue weighted by Gasteiger charge is -2.08. The third-order valence-corrected chi connectivity index (χ3v) is 2.46. The van der Waals surface area contributed by atoms with E-state index in [-0.39, 0.29) is 6.61 Å². The molecule has 0 spiro atoms. The van der Waals surface area contributed by atoms with Gasteiger partial charge in [-0.25, -0.2) is 0 Å². The number of aliphatic hydroxyl groups is 1. The van der Waals surface area contributed by atoms with Crippen molar-refractivity contribution in [2.75, 3.05) is 13.2 Å². The smallest absolute Gasteiger partial charge is 0.252 e. The Kier molecular flexibility index (Phi) is 6.10. The molecule has 4 nitrogen and oxygen atoms in total. The van der Waals surface area contributed by atoms with Crippen molar-refractivity contribution in [1.82, 2.24) is 0 Å². The third-order valence-electron chi connectivity index (χ3n) is 2.46. The second-order valence-corrected chi connectivity index (χ2v) is 3.85. The zero-order chi connectivity index (χ0) is 12.5. The number of amides is 1. The maximum Gasteiger partial charge on any atom is 0.252 e. The number of aliphatic hydroxyl groups excluding tert-OH is 1. The molecule has 1 rings (SSSR count). The molecule has 17 heavy (non-hydrogen) atoms. The van der Waals surface area contributed by atoms with Gasteiger partial charge in [-0.05, 0) is 31.4 Å². The van der Waals surface area contributed by atoms with E-state index in [1.807, 2.05) is 6.07 Å². The van der Waals surface area contributed by atoms with Gasteiger partial charge >= 0.3 is 0 Å². The van der Waals surface area contributed by atoms with Crippen LogP contribution in [0.1, 0.15) is 36.0 Å². The molecule has 0 aromatic heterocycles. The summed E-state index contributed by atoms with van der Waals surface area (Å²) < 4.78 is 5.52. The summed E-state index contributed by atoms with van der Waals surface area (Å²) in [4.78, 5) is 11.1. The average molecular weight is 237 g/mol. The summed E-state index contributed by atoms with van der Waals surface area (Å²) in [5.74, 6) is 0.0723. The van der Waals surface area contributed by atoms with E-state index in [4.69, 9.17) is 15.6 Å². The minimum atomic E-state index is -0.471. The summed E-state index contributed by atoms with van der Waals surface area (Å²) in [5, 5.41) is 8.62. The van der Waals surface area contributed by atoms with Crippen molar-refractivity contribution in [1.29, 1.82) is 0 Å². The Bertz CT molecular complexity index is 352. The van der Waals surface area contributed by atoms with Crippen molar-refractivity contribution >= 4 is 5.91 Å². The normalized spacial score (nSPS) is 10.2. The quantitative estimate of drug-likeness (QED) is 0.676. The molecule has 0 saturated heterocycles. The fraction of sp³-hybridized carbons (Fsp3) is 0.462. The van der Waals surface area contributed by atoms with Gasteiger partial charge < -0.3 is 15.6 Å². The van der Waals surface area contributed by atoms with Crippen molar-refractivity contribution in [3.05, 3.63) is 29.8 Å². The van der Waals surface area contributed by atoms with E-state index in [9.17, 15) is 4.79 Å². The topological polar surface area (TPSA) is 72.6 Å². The predicted octanol–water partition coefficient (Wildman–Crippen LogP) is 1.72. The lowest BCUT2D eigenvalue weighted by Crippen LogP contribution is -2.13. The molecular weight excluding hydrogens is 218 g/mol. The van der Waals surface area contributed by atoms with Gasteiger partial charge in [0.1, 0.15) is 5.75 Å². The van der Waals surface area contributed by atoms with Crippen LogP contribution in [0.25, 0.3) is 0 Å². The largest absolute Gasteiger partial charge is 0.493 e. The van der Waals surface area contributed by atoms with Crippen LogP contribution in [-0.2, 0) is 0 Å². The van der Waals surface area contributed by atoms with Gasteiger partial charge in [-0.2, -0.15) is 0 Å². The molecular formula is C13H19NO3. The molecule has 0 aliphatic heterocycles. The highest BCUT2D eigenvalue weighted by molar-refractivity contribution is 5.95. The molecule has 0 bridgehead atoms. The van der Waals surface area contributed by atoms with E-state index < -0.39 is 5.91 Å². The molecule has 0 radical (unpaired) electrons. The molecule has 0 atom stereocenters. The lowest BCUT2D eigenvalue weighted by atomic mass is 10.2. The van der Waals surface area contributed by atoms with Crippen LogP contribution < -0.4 is 10.5 Å². The van der Waals surface area contributed by atoms with E-state index in [2.05, 4.69) is 0 Å². The maximum atomic E-state index is 11.1. The summed E-state index contributed by atoms with van der Waals surface area (Å²) in [7, 11) is 0. The van der Waals surface area contributed by atoms with Crippen molar-refractivity contribution in [2.24, 2.45) is 5.73 Å². The van der Waals surface area contributed by atoms with Crippen LogP contribution in [0.4, 0.5) is 0 Å². The molecule has 0 unspecified atom stereocenters. The number of rotatable bonds is 8. The van der Waals surface area contributed by atoms with E-state index in [1.54, 1.807) is 18.2 Å². The fourth-order valence-electron chi connectivity index (χ4n) is 1.55. The number of carbonyl (C=O) groups is 1. The monoisotopic (exact) mass is 237 g/mol. The van der Waals surface area contributed by atoms with Gasteiger partial charge in [-0.1, -0.05) is 18.6 Å². The van der Waals surface area contributed by atoms with Crippen LogP contribution in [0.3, 0.4) is 0 Å². The number of benzene rings is 1. The minimum absolute atomic E-state index is 0.241. The zero-order valence-electron chi connectivity index (χ0n) is 9.89. The van der Waals surface area contributed by atoms with Gasteiger partial charge in [0.05, 0.1) is 12.2 Å². The summed E-state index contributed by atoms with van der Waals surface area (Å²) in [6.45, 7) is 0.807. The number of ether oxygens (including phenoxy) is 1. The Labute approximate surface area is 101 Å². The Balaban J connectivity index is 2.34. The third kappa shape index (κ3) is 4.87. The molecule has 0 saturated carbocycles. The number of hydrogen-bond acceptors (Lipinski definition) is 3. The predicted molar refractivity (Wildman–Crippen MR) is 66.0 cm³/mol. The first kappa shape index (κ1) is 13.5. The van der Waals surface area contributed by atoms with Crippen LogP contribution in [0.5, 0.6) is 5.75 Å². The van der Waals surface area contributed by atoms with Crippen molar-refractivity contribution in [3.63, 3.8) is 0 Å². The van der Waals surface area contributed by atoms with Crippen molar-refractivity contribution < 1.29 is 14.6 Å². The molecule has 0 aliphatic rings. The maximum absolute atomic E-state index is 11.1. The molecule has 1 aromatic carbocycles. The summed E-state index contributed by atoms with van der Waals surface area (Å²) >= 11 is 0. The highest BCUT2D eigenvalue weighted by Crippen LogP contribution is 2.17. The molecule has 1 aromatic rings. The second kappa shape index (κ2) is 7.68. The lowest BCUT2D eigenvalue weighted by molar-refractivity contribution is 0.0996. The standard InChI is InChI=1S/C13H19NO3/c14-13(16)11-7-3-4-8-12(11)17-10-6-2-1-5-9-15/h3-4,7-8,15H,1-2,5-6,9-10H2,(H2,14,16). The Morgan fingerprint density at radius 3 is 2.59 bits per heavy atom. The summed E-state index contributed by atoms with van der Waals surface area (Å²) in [6, 6.07) is 6.97. The molecule has 0 fully saturated rings. The van der Waals surface area contributed by atoms with Crippen LogP contribution in [0.15, 0.2) is 24.3 Å². The fourth-order valence-corrected chi connectivity index (χ4v) is 1.55. The number of para-hydroxylation sites is 1. The Morgan fingerprint density at radius 2 is 1.88 bits per heavy atom. The second-order valence-electron chi connectivity index (χ2n) is 3.85. The number of hydrogen-bond donors (Lipinski definition) is 2. The van der Waals surface area contributed by atoms with E-state index in [0.717, 1.165) is 25.7 Å². The molecule has 0 heterocycles. The first-order chi connectivity index (χ1) is 8.25.